The van der Waals surface area contributed by atoms with Gasteiger partial charge in [0.1, 0.15) is 17.0 Å². The Morgan fingerprint density at radius 3 is 2.50 bits per heavy atom. The summed E-state index contributed by atoms with van der Waals surface area (Å²) in [5.41, 5.74) is -2.95. The fraction of sp³-hybridized carbons (Fsp3) is 0.143. The molecule has 0 aliphatic heterocycles. The molecule has 1 aromatic heterocycles. The van der Waals surface area contributed by atoms with Crippen LogP contribution >= 0.6 is 0 Å². The molecule has 5 nitrogen and oxygen atoms in total. The van der Waals surface area contributed by atoms with E-state index in [0.717, 1.165) is 0 Å². The van der Waals surface area contributed by atoms with Gasteiger partial charge in [-0.15, -0.1) is 0 Å². The Hall–Kier alpha value is -1.92. The minimum Gasteiger partial charge on any atom is -0.506 e. The molecule has 0 unspecified atom stereocenters. The van der Waals surface area contributed by atoms with Gasteiger partial charge in [-0.3, -0.25) is 4.79 Å². The Morgan fingerprint density at radius 1 is 1.50 bits per heavy atom. The van der Waals surface area contributed by atoms with E-state index in [9.17, 15) is 18.4 Å². The Labute approximate surface area is 75.6 Å². The number of hydrogen-bond donors (Lipinski definition) is 3. The van der Waals surface area contributed by atoms with E-state index < -0.39 is 35.0 Å². The fourth-order valence-corrected chi connectivity index (χ4v) is 0.859. The molecule has 0 fully saturated rings. The lowest BCUT2D eigenvalue weighted by Crippen LogP contribution is -2.18. The largest absolute Gasteiger partial charge is 0.506 e. The number of H-pyrrole nitrogens is 1. The van der Waals surface area contributed by atoms with Crippen LogP contribution in [0.1, 0.15) is 22.5 Å². The summed E-state index contributed by atoms with van der Waals surface area (Å²) in [5, 5.41) is 17.3. The second-order valence-corrected chi connectivity index (χ2v) is 2.42. The molecule has 76 valence electrons. The molecule has 0 aromatic carbocycles. The molecule has 0 saturated heterocycles. The third-order valence-corrected chi connectivity index (χ3v) is 1.50. The number of carboxylic acids is 1. The number of nitrogens with one attached hydrogen (secondary N) is 1. The molecular formula is C7H5F2NO4. The number of aromatic hydroxyl groups is 1. The zero-order valence-corrected chi connectivity index (χ0v) is 6.62. The number of aromatic nitrogens is 1. The fourth-order valence-electron chi connectivity index (χ4n) is 0.859. The maximum Gasteiger partial charge on any atom is 0.341 e. The first-order valence-electron chi connectivity index (χ1n) is 3.41. The number of carboxylic acid groups (broad SMARTS) is 1. The van der Waals surface area contributed by atoms with E-state index in [2.05, 4.69) is 0 Å². The molecule has 0 atom stereocenters. The standard InChI is InChI=1S/C7H5F2NO4/c8-5(9)4-3(11)1-2(7(13)14)6(12)10-4/h1,5,11H,(H,10,12)(H,13,14). The molecule has 0 saturated carbocycles. The Kier molecular flexibility index (Phi) is 2.50. The van der Waals surface area contributed by atoms with Crippen molar-refractivity contribution in [3.63, 3.8) is 0 Å². The van der Waals surface area contributed by atoms with Crippen LogP contribution in [-0.4, -0.2) is 21.2 Å². The highest BCUT2D eigenvalue weighted by Crippen LogP contribution is 2.24. The zero-order valence-electron chi connectivity index (χ0n) is 6.62. The third kappa shape index (κ3) is 1.70. The van der Waals surface area contributed by atoms with Gasteiger partial charge in [0.25, 0.3) is 12.0 Å². The number of hydrogen-bond acceptors (Lipinski definition) is 3. The molecule has 0 amide bonds. The molecule has 1 rings (SSSR count). The lowest BCUT2D eigenvalue weighted by Gasteiger charge is -2.03. The summed E-state index contributed by atoms with van der Waals surface area (Å²) < 4.78 is 24.1. The number of halogens is 2. The molecular weight excluding hydrogens is 200 g/mol. The Morgan fingerprint density at radius 2 is 2.07 bits per heavy atom. The smallest absolute Gasteiger partial charge is 0.341 e. The molecule has 1 aromatic rings. The average Bonchev–Trinajstić information content (AvgIpc) is 2.07. The first kappa shape index (κ1) is 10.2. The quantitative estimate of drug-likeness (QED) is 0.663. The number of rotatable bonds is 2. The van der Waals surface area contributed by atoms with Crippen molar-refractivity contribution in [3.05, 3.63) is 27.7 Å². The second-order valence-electron chi connectivity index (χ2n) is 2.42. The molecule has 0 aliphatic rings. The van der Waals surface area contributed by atoms with Gasteiger partial charge in [0.15, 0.2) is 0 Å². The van der Waals surface area contributed by atoms with Crippen molar-refractivity contribution in [1.82, 2.24) is 4.98 Å². The van der Waals surface area contributed by atoms with Crippen LogP contribution in [0.25, 0.3) is 0 Å². The normalized spacial score (nSPS) is 10.5. The predicted molar refractivity (Wildman–Crippen MR) is 40.6 cm³/mol. The highest BCUT2D eigenvalue weighted by molar-refractivity contribution is 5.87. The van der Waals surface area contributed by atoms with Gasteiger partial charge in [0.2, 0.25) is 0 Å². The van der Waals surface area contributed by atoms with Crippen molar-refractivity contribution in [3.8, 4) is 5.75 Å². The zero-order chi connectivity index (χ0) is 10.9. The van der Waals surface area contributed by atoms with Gasteiger partial charge in [-0.05, 0) is 0 Å². The monoisotopic (exact) mass is 205 g/mol. The van der Waals surface area contributed by atoms with Gasteiger partial charge in [0, 0.05) is 6.07 Å². The molecule has 14 heavy (non-hydrogen) atoms. The van der Waals surface area contributed by atoms with Crippen molar-refractivity contribution in [2.45, 2.75) is 6.43 Å². The van der Waals surface area contributed by atoms with Gasteiger partial charge < -0.3 is 15.2 Å². The van der Waals surface area contributed by atoms with Gasteiger partial charge in [-0.25, -0.2) is 13.6 Å². The summed E-state index contributed by atoms with van der Waals surface area (Å²) in [6.07, 6.45) is -3.06. The van der Waals surface area contributed by atoms with Crippen LogP contribution in [0.2, 0.25) is 0 Å². The van der Waals surface area contributed by atoms with Crippen molar-refractivity contribution >= 4 is 5.97 Å². The van der Waals surface area contributed by atoms with E-state index in [0.29, 0.717) is 6.07 Å². The molecule has 0 radical (unpaired) electrons. The van der Waals surface area contributed by atoms with Gasteiger partial charge in [0.05, 0.1) is 0 Å². The lowest BCUT2D eigenvalue weighted by atomic mass is 10.2. The van der Waals surface area contributed by atoms with E-state index in [1.54, 1.807) is 4.98 Å². The number of carbonyl (C=O) groups is 1. The van der Waals surface area contributed by atoms with Crippen molar-refractivity contribution in [2.75, 3.05) is 0 Å². The Balaban J connectivity index is 3.39. The second kappa shape index (κ2) is 3.44. The topological polar surface area (TPSA) is 90.4 Å². The summed E-state index contributed by atoms with van der Waals surface area (Å²) in [6, 6.07) is 0.489. The van der Waals surface area contributed by atoms with Gasteiger partial charge in [-0.1, -0.05) is 0 Å². The number of aromatic amines is 1. The van der Waals surface area contributed by atoms with Crippen LogP contribution in [0.3, 0.4) is 0 Å². The highest BCUT2D eigenvalue weighted by Gasteiger charge is 2.18. The van der Waals surface area contributed by atoms with E-state index in [1.807, 2.05) is 0 Å². The summed E-state index contributed by atoms with van der Waals surface area (Å²) in [4.78, 5) is 22.8. The van der Waals surface area contributed by atoms with Crippen molar-refractivity contribution in [2.24, 2.45) is 0 Å². The minimum atomic E-state index is -3.06. The summed E-state index contributed by atoms with van der Waals surface area (Å²) >= 11 is 0. The lowest BCUT2D eigenvalue weighted by molar-refractivity contribution is 0.0693. The van der Waals surface area contributed by atoms with Crippen LogP contribution in [0.15, 0.2) is 10.9 Å². The van der Waals surface area contributed by atoms with Crippen LogP contribution in [0.4, 0.5) is 8.78 Å². The van der Waals surface area contributed by atoms with Crippen LogP contribution < -0.4 is 5.56 Å². The highest BCUT2D eigenvalue weighted by atomic mass is 19.3. The van der Waals surface area contributed by atoms with E-state index >= 15 is 0 Å². The summed E-state index contributed by atoms with van der Waals surface area (Å²) in [7, 11) is 0. The first-order valence-corrected chi connectivity index (χ1v) is 3.41. The Bertz CT molecular complexity index is 426. The third-order valence-electron chi connectivity index (χ3n) is 1.50. The number of alkyl halides is 2. The van der Waals surface area contributed by atoms with Crippen LogP contribution in [0.5, 0.6) is 5.75 Å². The van der Waals surface area contributed by atoms with E-state index in [4.69, 9.17) is 10.2 Å². The molecule has 0 bridgehead atoms. The average molecular weight is 205 g/mol. The van der Waals surface area contributed by atoms with Crippen molar-refractivity contribution < 1.29 is 23.8 Å². The maximum atomic E-state index is 12.1. The first-order chi connectivity index (χ1) is 6.43. The van der Waals surface area contributed by atoms with Gasteiger partial charge in [-0.2, -0.15) is 0 Å². The number of aromatic carboxylic acids is 1. The predicted octanol–water partition coefficient (Wildman–Crippen LogP) is 0.716. The molecule has 7 heteroatoms. The van der Waals surface area contributed by atoms with Crippen LogP contribution in [-0.2, 0) is 0 Å². The molecule has 0 aliphatic carbocycles. The van der Waals surface area contributed by atoms with Gasteiger partial charge >= 0.3 is 5.97 Å². The van der Waals surface area contributed by atoms with E-state index in [1.165, 1.54) is 0 Å². The number of pyridine rings is 1. The SMILES string of the molecule is O=C(O)c1cc(O)c(C(F)F)[nH]c1=O. The summed E-state index contributed by atoms with van der Waals surface area (Å²) in [6.45, 7) is 0. The molecule has 1 heterocycles. The molecule has 0 spiro atoms. The van der Waals surface area contributed by atoms with Crippen molar-refractivity contribution in [1.29, 1.82) is 0 Å². The minimum absolute atomic E-state index is 0.489. The van der Waals surface area contributed by atoms with E-state index in [-0.39, 0.29) is 0 Å². The molecule has 3 N–H and O–H groups in total. The maximum absolute atomic E-state index is 12.1. The summed E-state index contributed by atoms with van der Waals surface area (Å²) in [5.74, 6) is -2.54. The van der Waals surface area contributed by atoms with Crippen LogP contribution in [0, 0.1) is 0 Å².